The van der Waals surface area contributed by atoms with Gasteiger partial charge in [0.25, 0.3) is 0 Å². The van der Waals surface area contributed by atoms with Gasteiger partial charge in [-0.25, -0.2) is 9.59 Å². The Morgan fingerprint density at radius 3 is 1.71 bits per heavy atom. The van der Waals surface area contributed by atoms with Crippen LogP contribution in [-0.4, -0.2) is 101 Å². The van der Waals surface area contributed by atoms with E-state index in [2.05, 4.69) is 55.3 Å². The number of hydrogen-bond donors (Lipinski definition) is 4. The number of alkyl halides is 6. The van der Waals surface area contributed by atoms with E-state index in [0.717, 1.165) is 50.3 Å². The van der Waals surface area contributed by atoms with Gasteiger partial charge < -0.3 is 20.6 Å². The number of piperazine rings is 1. The lowest BCUT2D eigenvalue weighted by Gasteiger charge is -2.38. The fourth-order valence-electron chi connectivity index (χ4n) is 3.12. The third kappa shape index (κ3) is 11.0. The molecule has 2 fully saturated rings. The zero-order chi connectivity index (χ0) is 26.1. The minimum Gasteiger partial charge on any atom is -0.475 e. The average Bonchev–Trinajstić information content (AvgIpc) is 3.16. The van der Waals surface area contributed by atoms with Crippen molar-refractivity contribution in [3.05, 3.63) is 34.3 Å². The van der Waals surface area contributed by atoms with E-state index in [-0.39, 0.29) is 6.10 Å². The Morgan fingerprint density at radius 1 is 0.912 bits per heavy atom. The largest absolute Gasteiger partial charge is 0.490 e. The molecule has 0 bridgehead atoms. The molecule has 15 heteroatoms. The predicted octanol–water partition coefficient (Wildman–Crippen LogP) is 2.17. The number of benzene rings is 1. The fraction of sp³-hybridized carbons (Fsp3) is 0.579. The van der Waals surface area contributed by atoms with Gasteiger partial charge in [-0.1, -0.05) is 28.1 Å². The Bertz CT molecular complexity index is 762. The van der Waals surface area contributed by atoms with Crippen LogP contribution < -0.4 is 5.32 Å². The second-order valence-electron chi connectivity index (χ2n) is 7.34. The molecular weight excluding hydrogens is 544 g/mol. The number of carboxylic acids is 2. The van der Waals surface area contributed by atoms with Crippen molar-refractivity contribution in [1.29, 1.82) is 0 Å². The average molecular weight is 568 g/mol. The number of carbonyl (C=O) groups is 2. The van der Waals surface area contributed by atoms with E-state index in [4.69, 9.17) is 19.8 Å². The number of halogens is 7. The molecule has 2 aliphatic heterocycles. The number of aliphatic hydroxyl groups is 1. The molecule has 1 aromatic carbocycles. The van der Waals surface area contributed by atoms with Crippen molar-refractivity contribution in [3.8, 4) is 0 Å². The third-order valence-electron chi connectivity index (χ3n) is 4.83. The van der Waals surface area contributed by atoms with Crippen LogP contribution in [0.2, 0.25) is 0 Å². The van der Waals surface area contributed by atoms with Gasteiger partial charge in [-0.05, 0) is 17.7 Å². The second kappa shape index (κ2) is 13.2. The van der Waals surface area contributed by atoms with Crippen LogP contribution in [0.15, 0.2) is 28.7 Å². The van der Waals surface area contributed by atoms with Crippen molar-refractivity contribution in [2.45, 2.75) is 31.0 Å². The summed E-state index contributed by atoms with van der Waals surface area (Å²) in [7, 11) is 0. The van der Waals surface area contributed by atoms with Gasteiger partial charge in [-0.3, -0.25) is 9.80 Å². The van der Waals surface area contributed by atoms with Crippen LogP contribution in [-0.2, 0) is 16.1 Å². The number of β-amino-alcohol motifs (C(OH)–C–C–N with tert-alkyl or cyclic N) is 1. The first-order chi connectivity index (χ1) is 15.6. The smallest absolute Gasteiger partial charge is 0.475 e. The molecule has 34 heavy (non-hydrogen) atoms. The minimum absolute atomic E-state index is 0.201. The maximum Gasteiger partial charge on any atom is 0.490 e. The number of aliphatic carboxylic acids is 2. The van der Waals surface area contributed by atoms with Gasteiger partial charge in [-0.2, -0.15) is 26.3 Å². The maximum atomic E-state index is 10.6. The van der Waals surface area contributed by atoms with Gasteiger partial charge in [0.2, 0.25) is 0 Å². The lowest BCUT2D eigenvalue weighted by Crippen LogP contribution is -2.53. The van der Waals surface area contributed by atoms with Crippen LogP contribution in [0.1, 0.15) is 5.56 Å². The molecule has 0 aliphatic carbocycles. The number of nitrogens with one attached hydrogen (secondary N) is 1. The molecule has 1 aromatic rings. The molecule has 0 amide bonds. The van der Waals surface area contributed by atoms with Gasteiger partial charge in [-0.15, -0.1) is 0 Å². The number of aliphatic hydroxyl groups excluding tert-OH is 1. The number of hydrogen-bond acceptors (Lipinski definition) is 6. The van der Waals surface area contributed by atoms with Crippen LogP contribution >= 0.6 is 15.9 Å². The molecule has 0 unspecified atom stereocenters. The first-order valence-corrected chi connectivity index (χ1v) is 10.6. The second-order valence-corrected chi connectivity index (χ2v) is 8.25. The van der Waals surface area contributed by atoms with Crippen molar-refractivity contribution in [2.24, 2.45) is 0 Å². The van der Waals surface area contributed by atoms with Gasteiger partial charge in [0.05, 0.1) is 6.10 Å². The summed E-state index contributed by atoms with van der Waals surface area (Å²) in [5, 5.41) is 27.5. The molecule has 0 spiro atoms. The molecule has 0 radical (unpaired) electrons. The van der Waals surface area contributed by atoms with Crippen LogP contribution in [0.4, 0.5) is 26.3 Å². The molecule has 8 nitrogen and oxygen atoms in total. The van der Waals surface area contributed by atoms with E-state index in [0.29, 0.717) is 6.04 Å². The maximum absolute atomic E-state index is 10.6. The molecule has 2 heterocycles. The molecular formula is C19H24BrF6N3O5. The van der Waals surface area contributed by atoms with Crippen LogP contribution in [0.5, 0.6) is 0 Å². The highest BCUT2D eigenvalue weighted by molar-refractivity contribution is 9.10. The lowest BCUT2D eigenvalue weighted by molar-refractivity contribution is -0.193. The molecule has 2 atom stereocenters. The molecule has 3 rings (SSSR count). The Hall–Kier alpha value is -1.94. The standard InChI is InChI=1S/C15H22BrN3O.2C2HF3O2/c16-13-3-1-12(2-4-13)11-18-5-7-19(8-6-18)14-9-17-10-15(14)20;2*3-2(4,5)1(6)7/h1-4,14-15,17,20H,5-11H2;2*(H,6,7)/t14-,15-;;/m0../s1. The van der Waals surface area contributed by atoms with Crippen LogP contribution in [0.3, 0.4) is 0 Å². The zero-order valence-electron chi connectivity index (χ0n) is 17.6. The quantitative estimate of drug-likeness (QED) is 0.411. The highest BCUT2D eigenvalue weighted by Crippen LogP contribution is 2.16. The summed E-state index contributed by atoms with van der Waals surface area (Å²) in [6, 6.07) is 8.88. The first-order valence-electron chi connectivity index (χ1n) is 9.81. The first kappa shape index (κ1) is 30.1. The molecule has 2 aliphatic rings. The van der Waals surface area contributed by atoms with E-state index in [1.807, 2.05) is 0 Å². The van der Waals surface area contributed by atoms with Crippen molar-refractivity contribution < 1.29 is 51.3 Å². The van der Waals surface area contributed by atoms with Gasteiger partial charge in [0.1, 0.15) is 0 Å². The molecule has 2 saturated heterocycles. The molecule has 194 valence electrons. The fourth-order valence-corrected chi connectivity index (χ4v) is 3.39. The zero-order valence-corrected chi connectivity index (χ0v) is 19.2. The summed E-state index contributed by atoms with van der Waals surface area (Å²) in [5.41, 5.74) is 1.37. The molecule has 0 aromatic heterocycles. The van der Waals surface area contributed by atoms with Crippen LogP contribution in [0.25, 0.3) is 0 Å². The van der Waals surface area contributed by atoms with Crippen molar-refractivity contribution in [3.63, 3.8) is 0 Å². The number of rotatable bonds is 3. The SMILES string of the molecule is O=C(O)C(F)(F)F.O=C(O)C(F)(F)F.O[C@H]1CNC[C@@H]1N1CCN(Cc2ccc(Br)cc2)CC1. The van der Waals surface area contributed by atoms with Gasteiger partial charge in [0, 0.05) is 56.3 Å². The van der Waals surface area contributed by atoms with E-state index in [9.17, 15) is 31.4 Å². The summed E-state index contributed by atoms with van der Waals surface area (Å²) in [6.45, 7) is 6.96. The number of carboxylic acid groups (broad SMARTS) is 2. The minimum atomic E-state index is -5.08. The summed E-state index contributed by atoms with van der Waals surface area (Å²) < 4.78 is 64.6. The molecule has 0 saturated carbocycles. The Balaban J connectivity index is 0.000000343. The lowest BCUT2D eigenvalue weighted by atomic mass is 10.1. The van der Waals surface area contributed by atoms with E-state index >= 15 is 0 Å². The summed E-state index contributed by atoms with van der Waals surface area (Å²) in [5.74, 6) is -5.51. The van der Waals surface area contributed by atoms with E-state index in [1.165, 1.54) is 5.56 Å². The topological polar surface area (TPSA) is 113 Å². The van der Waals surface area contributed by atoms with Crippen molar-refractivity contribution >= 4 is 27.9 Å². The highest BCUT2D eigenvalue weighted by atomic mass is 79.9. The molecule has 4 N–H and O–H groups in total. The Kier molecular flexibility index (Phi) is 11.7. The van der Waals surface area contributed by atoms with E-state index in [1.54, 1.807) is 0 Å². The summed E-state index contributed by atoms with van der Waals surface area (Å²) >= 11 is 3.47. The van der Waals surface area contributed by atoms with Crippen molar-refractivity contribution in [2.75, 3.05) is 39.3 Å². The van der Waals surface area contributed by atoms with E-state index < -0.39 is 24.3 Å². The predicted molar refractivity (Wildman–Crippen MR) is 111 cm³/mol. The number of nitrogens with zero attached hydrogens (tertiary/aromatic N) is 2. The van der Waals surface area contributed by atoms with Gasteiger partial charge in [0.15, 0.2) is 0 Å². The van der Waals surface area contributed by atoms with Crippen molar-refractivity contribution in [1.82, 2.24) is 15.1 Å². The van der Waals surface area contributed by atoms with Crippen LogP contribution in [0, 0.1) is 0 Å². The van der Waals surface area contributed by atoms with Gasteiger partial charge >= 0.3 is 24.3 Å². The Labute approximate surface area is 199 Å². The summed E-state index contributed by atoms with van der Waals surface area (Å²) in [6.07, 6.45) is -10.4. The third-order valence-corrected chi connectivity index (χ3v) is 5.36. The normalized spacial score (nSPS) is 21.6. The monoisotopic (exact) mass is 567 g/mol. The Morgan fingerprint density at radius 2 is 1.35 bits per heavy atom. The summed E-state index contributed by atoms with van der Waals surface area (Å²) in [4.78, 5) is 22.7. The highest BCUT2D eigenvalue weighted by Gasteiger charge is 2.39.